The lowest BCUT2D eigenvalue weighted by Crippen LogP contribution is -2.58. The quantitative estimate of drug-likeness (QED) is 0.339. The van der Waals surface area contributed by atoms with Gasteiger partial charge in [0, 0.05) is 63.3 Å². The van der Waals surface area contributed by atoms with E-state index >= 15 is 0 Å². The summed E-state index contributed by atoms with van der Waals surface area (Å²) in [5.41, 5.74) is 2.97. The van der Waals surface area contributed by atoms with Gasteiger partial charge in [-0.1, -0.05) is 20.8 Å². The first-order valence-electron chi connectivity index (χ1n) is 13.2. The Morgan fingerprint density at radius 1 is 1.12 bits per heavy atom. The first kappa shape index (κ1) is 29.1. The average Bonchev–Trinajstić information content (AvgIpc) is 2.81. The summed E-state index contributed by atoms with van der Waals surface area (Å²) in [7, 11) is 3.59. The van der Waals surface area contributed by atoms with Gasteiger partial charge < -0.3 is 36.0 Å². The van der Waals surface area contributed by atoms with Gasteiger partial charge in [0.25, 0.3) is 5.91 Å². The van der Waals surface area contributed by atoms with E-state index in [4.69, 9.17) is 5.73 Å². The number of Topliss-reactive ketones (excluding diaryl/α,β-unsaturated/α-hetero) is 2. The van der Waals surface area contributed by atoms with Crippen LogP contribution in [-0.2, 0) is 32.1 Å². The Kier molecular flexibility index (Phi) is 7.03. The highest BCUT2D eigenvalue weighted by atomic mass is 16.3. The number of phenols is 1. The third-order valence-corrected chi connectivity index (χ3v) is 8.07. The second-order valence-electron chi connectivity index (χ2n) is 12.5. The zero-order valence-electron chi connectivity index (χ0n) is 23.7. The number of phenolic OH excluding ortho intramolecular Hbond substituents is 1. The number of benzene rings is 1. The van der Waals surface area contributed by atoms with Crippen LogP contribution in [0.15, 0.2) is 23.0 Å². The molecule has 216 valence electrons. The molecular weight excluding hydrogens is 518 g/mol. The fourth-order valence-electron chi connectivity index (χ4n) is 6.30. The van der Waals surface area contributed by atoms with Gasteiger partial charge in [-0.3, -0.25) is 19.2 Å². The molecule has 0 aromatic heterocycles. The number of aliphatic hydroxyl groups excluding tert-OH is 2. The molecule has 3 aliphatic carbocycles. The lowest BCUT2D eigenvalue weighted by Gasteiger charge is -2.46. The maximum absolute atomic E-state index is 13.8. The van der Waals surface area contributed by atoms with Gasteiger partial charge in [0.2, 0.25) is 11.7 Å². The van der Waals surface area contributed by atoms with E-state index in [2.05, 4.69) is 0 Å². The number of rotatable bonds is 5. The minimum atomic E-state index is -2.62. The zero-order chi connectivity index (χ0) is 30.1. The Bertz CT molecular complexity index is 1400. The summed E-state index contributed by atoms with van der Waals surface area (Å²) in [5.74, 6) is -6.89. The third kappa shape index (κ3) is 4.51. The van der Waals surface area contributed by atoms with Crippen molar-refractivity contribution in [2.24, 2.45) is 23.0 Å². The number of nitrogens with zero attached hydrogens (tertiary/aromatic N) is 2. The van der Waals surface area contributed by atoms with Gasteiger partial charge in [-0.25, -0.2) is 0 Å². The minimum absolute atomic E-state index is 0.00703. The molecule has 0 spiro atoms. The normalized spacial score (nSPS) is 24.4. The van der Waals surface area contributed by atoms with Crippen molar-refractivity contribution in [3.05, 3.63) is 39.7 Å². The fourth-order valence-corrected chi connectivity index (χ4v) is 6.30. The molecule has 0 aliphatic heterocycles. The molecule has 11 heteroatoms. The number of aliphatic hydroxyl groups is 3. The summed E-state index contributed by atoms with van der Waals surface area (Å²) < 4.78 is 0. The highest BCUT2D eigenvalue weighted by molar-refractivity contribution is 6.22. The summed E-state index contributed by atoms with van der Waals surface area (Å²) in [6, 6.07) is 1.75. The first-order valence-corrected chi connectivity index (χ1v) is 13.2. The van der Waals surface area contributed by atoms with Crippen molar-refractivity contribution in [3.8, 4) is 5.75 Å². The number of anilines is 1. The first-order chi connectivity index (χ1) is 18.4. The lowest BCUT2D eigenvalue weighted by molar-refractivity contribution is -0.147. The Morgan fingerprint density at radius 2 is 1.75 bits per heavy atom. The minimum Gasteiger partial charge on any atom is -0.508 e. The molecule has 1 aromatic rings. The SMILES string of the molecule is CC(=O)N(Cc1cc(N(C)C)c2c(c1O)C(O)=C1C(=O)C3(O)C(O)=C(C(N)=O)C(=O)CC3CC1C2)CC(C)(C)C. The van der Waals surface area contributed by atoms with Gasteiger partial charge >= 0.3 is 0 Å². The molecule has 1 saturated carbocycles. The molecule has 0 radical (unpaired) electrons. The van der Waals surface area contributed by atoms with Crippen LogP contribution < -0.4 is 10.6 Å². The highest BCUT2D eigenvalue weighted by Crippen LogP contribution is 2.53. The summed E-state index contributed by atoms with van der Waals surface area (Å²) >= 11 is 0. The monoisotopic (exact) mass is 555 g/mol. The Labute approximate surface area is 232 Å². The van der Waals surface area contributed by atoms with Crippen LogP contribution in [0, 0.1) is 17.3 Å². The van der Waals surface area contributed by atoms with Crippen LogP contribution in [0.2, 0.25) is 0 Å². The van der Waals surface area contributed by atoms with Gasteiger partial charge in [0.1, 0.15) is 22.8 Å². The van der Waals surface area contributed by atoms with E-state index in [0.29, 0.717) is 23.4 Å². The van der Waals surface area contributed by atoms with E-state index in [0.717, 1.165) is 0 Å². The van der Waals surface area contributed by atoms with Crippen LogP contribution >= 0.6 is 0 Å². The summed E-state index contributed by atoms with van der Waals surface area (Å²) in [6.07, 6.45) is -0.114. The van der Waals surface area contributed by atoms with Crippen LogP contribution in [0.25, 0.3) is 5.76 Å². The van der Waals surface area contributed by atoms with Crippen molar-refractivity contribution in [1.29, 1.82) is 0 Å². The van der Waals surface area contributed by atoms with Crippen molar-refractivity contribution < 1.29 is 39.6 Å². The van der Waals surface area contributed by atoms with Crippen molar-refractivity contribution in [1.82, 2.24) is 4.90 Å². The van der Waals surface area contributed by atoms with Crippen molar-refractivity contribution in [3.63, 3.8) is 0 Å². The molecule has 3 atom stereocenters. The van der Waals surface area contributed by atoms with E-state index in [9.17, 15) is 39.6 Å². The third-order valence-electron chi connectivity index (χ3n) is 8.07. The van der Waals surface area contributed by atoms with Crippen molar-refractivity contribution >= 4 is 34.8 Å². The Hall–Kier alpha value is -3.86. The molecule has 3 aliphatic rings. The molecule has 0 saturated heterocycles. The number of primary amides is 1. The standard InChI is InChI=1S/C29H37N3O8/c1-13(33)32(12-28(2,3)4)11-15-9-18(31(5)6)17-8-14-7-16-10-19(34)22(27(30)39)26(38)29(16,40)25(37)20(14)24(36)21(17)23(15)35/h9,14,16,35-36,38,40H,7-8,10-12H2,1-6H3,(H2,30,39). The molecule has 1 fully saturated rings. The molecule has 4 rings (SSSR count). The molecule has 11 nitrogen and oxygen atoms in total. The molecule has 0 heterocycles. The number of amides is 2. The number of hydrogen-bond donors (Lipinski definition) is 5. The Balaban J connectivity index is 1.90. The molecule has 0 bridgehead atoms. The van der Waals surface area contributed by atoms with E-state index in [1.54, 1.807) is 30.0 Å². The van der Waals surface area contributed by atoms with Crippen molar-refractivity contribution in [2.75, 3.05) is 25.5 Å². The van der Waals surface area contributed by atoms with Gasteiger partial charge in [-0.15, -0.1) is 0 Å². The second kappa shape index (κ2) is 9.65. The zero-order valence-corrected chi connectivity index (χ0v) is 23.7. The van der Waals surface area contributed by atoms with Gasteiger partial charge in [0.15, 0.2) is 11.4 Å². The predicted molar refractivity (Wildman–Crippen MR) is 146 cm³/mol. The number of aromatic hydroxyl groups is 1. The number of fused-ring (bicyclic) bond motifs is 3. The summed E-state index contributed by atoms with van der Waals surface area (Å²) in [5, 5.41) is 45.1. The molecular formula is C29H37N3O8. The molecule has 2 amide bonds. The van der Waals surface area contributed by atoms with E-state index in [-0.39, 0.29) is 54.0 Å². The number of ketones is 2. The largest absolute Gasteiger partial charge is 0.508 e. The van der Waals surface area contributed by atoms with Crippen LogP contribution in [0.1, 0.15) is 57.2 Å². The maximum Gasteiger partial charge on any atom is 0.255 e. The van der Waals surface area contributed by atoms with Crippen molar-refractivity contribution in [2.45, 2.75) is 59.1 Å². The van der Waals surface area contributed by atoms with Gasteiger partial charge in [0.05, 0.1) is 5.56 Å². The van der Waals surface area contributed by atoms with E-state index in [1.165, 1.54) is 6.92 Å². The number of carbonyl (C=O) groups is 4. The molecule has 6 N–H and O–H groups in total. The van der Waals surface area contributed by atoms with Crippen LogP contribution in [0.4, 0.5) is 5.69 Å². The second-order valence-corrected chi connectivity index (χ2v) is 12.5. The predicted octanol–water partition coefficient (Wildman–Crippen LogP) is 1.88. The molecule has 1 aromatic carbocycles. The van der Waals surface area contributed by atoms with Crippen LogP contribution in [0.3, 0.4) is 0 Å². The smallest absolute Gasteiger partial charge is 0.255 e. The fraction of sp³-hybridized carbons (Fsp3) is 0.517. The maximum atomic E-state index is 13.8. The van der Waals surface area contributed by atoms with E-state index < -0.39 is 52.0 Å². The topological polar surface area (TPSA) is 182 Å². The summed E-state index contributed by atoms with van der Waals surface area (Å²) in [4.78, 5) is 54.0. The highest BCUT2D eigenvalue weighted by Gasteiger charge is 2.60. The van der Waals surface area contributed by atoms with Gasteiger partial charge in [-0.05, 0) is 35.8 Å². The number of hydrogen-bond acceptors (Lipinski definition) is 9. The lowest BCUT2D eigenvalue weighted by atomic mass is 9.59. The molecule has 3 unspecified atom stereocenters. The number of carbonyl (C=O) groups excluding carboxylic acids is 4. The average molecular weight is 556 g/mol. The van der Waals surface area contributed by atoms with Gasteiger partial charge in [-0.2, -0.15) is 0 Å². The van der Waals surface area contributed by atoms with Crippen LogP contribution in [-0.4, -0.2) is 74.9 Å². The Morgan fingerprint density at radius 3 is 2.27 bits per heavy atom. The number of nitrogens with two attached hydrogens (primary N) is 1. The molecule has 40 heavy (non-hydrogen) atoms. The van der Waals surface area contributed by atoms with E-state index in [1.807, 2.05) is 20.8 Å². The van der Waals surface area contributed by atoms with Crippen LogP contribution in [0.5, 0.6) is 5.75 Å². The summed E-state index contributed by atoms with van der Waals surface area (Å²) in [6.45, 7) is 7.84.